The van der Waals surface area contributed by atoms with Crippen LogP contribution >= 0.6 is 11.3 Å². The molecule has 1 aliphatic rings. The zero-order valence-corrected chi connectivity index (χ0v) is 17.4. The van der Waals surface area contributed by atoms with Crippen molar-refractivity contribution < 1.29 is 4.79 Å². The van der Waals surface area contributed by atoms with Crippen molar-refractivity contribution in [2.75, 3.05) is 26.2 Å². The van der Waals surface area contributed by atoms with E-state index in [9.17, 15) is 4.79 Å². The van der Waals surface area contributed by atoms with Gasteiger partial charge in [-0.15, -0.1) is 11.3 Å². The maximum Gasteiger partial charge on any atom is 0.264 e. The van der Waals surface area contributed by atoms with Crippen molar-refractivity contribution in [1.82, 2.24) is 24.8 Å². The Balaban J connectivity index is 1.48. The molecule has 146 valence electrons. The number of amides is 1. The molecule has 0 spiro atoms. The standard InChI is InChI=1S/C21H25N5OS/c1-4-17-23-15(3)18-14(2)19(28-20(18)24-17)21(27)26-11-9-25(10-12-26)13-16-5-7-22-8-6-16/h5-8H,4,9-13H2,1-3H3. The first-order valence-electron chi connectivity index (χ1n) is 9.74. The lowest BCUT2D eigenvalue weighted by molar-refractivity contribution is 0.0632. The van der Waals surface area contributed by atoms with Crippen molar-refractivity contribution in [2.45, 2.75) is 33.7 Å². The lowest BCUT2D eigenvalue weighted by Gasteiger charge is -2.34. The number of rotatable bonds is 4. The molecule has 0 bridgehead atoms. The molecule has 7 heteroatoms. The van der Waals surface area contributed by atoms with Crippen molar-refractivity contribution in [3.8, 4) is 0 Å². The molecule has 3 aromatic rings. The molecular weight excluding hydrogens is 370 g/mol. The van der Waals surface area contributed by atoms with Crippen molar-refractivity contribution in [1.29, 1.82) is 0 Å². The molecule has 0 N–H and O–H groups in total. The highest BCUT2D eigenvalue weighted by molar-refractivity contribution is 7.20. The second-order valence-corrected chi connectivity index (χ2v) is 8.24. The second kappa shape index (κ2) is 7.93. The van der Waals surface area contributed by atoms with Crippen molar-refractivity contribution in [3.63, 3.8) is 0 Å². The van der Waals surface area contributed by atoms with Gasteiger partial charge in [-0.2, -0.15) is 0 Å². The third-order valence-electron chi connectivity index (χ3n) is 5.34. The summed E-state index contributed by atoms with van der Waals surface area (Å²) in [4.78, 5) is 32.6. The largest absolute Gasteiger partial charge is 0.335 e. The number of nitrogens with zero attached hydrogens (tertiary/aromatic N) is 5. The number of hydrogen-bond acceptors (Lipinski definition) is 6. The van der Waals surface area contributed by atoms with E-state index in [1.807, 2.05) is 43.3 Å². The summed E-state index contributed by atoms with van der Waals surface area (Å²) in [7, 11) is 0. The minimum atomic E-state index is 0.126. The summed E-state index contributed by atoms with van der Waals surface area (Å²) in [6, 6.07) is 4.10. The number of aromatic nitrogens is 3. The summed E-state index contributed by atoms with van der Waals surface area (Å²) in [5, 5.41) is 1.04. The minimum Gasteiger partial charge on any atom is -0.335 e. The zero-order valence-electron chi connectivity index (χ0n) is 16.6. The summed E-state index contributed by atoms with van der Waals surface area (Å²) in [6.45, 7) is 10.3. The average molecular weight is 396 g/mol. The highest BCUT2D eigenvalue weighted by Gasteiger charge is 2.26. The van der Waals surface area contributed by atoms with Gasteiger partial charge in [-0.1, -0.05) is 6.92 Å². The summed E-state index contributed by atoms with van der Waals surface area (Å²) in [5.41, 5.74) is 3.25. The predicted molar refractivity (Wildman–Crippen MR) is 112 cm³/mol. The number of aryl methyl sites for hydroxylation is 3. The topological polar surface area (TPSA) is 62.2 Å². The van der Waals surface area contributed by atoms with Crippen molar-refractivity contribution >= 4 is 27.5 Å². The maximum absolute atomic E-state index is 13.2. The smallest absolute Gasteiger partial charge is 0.264 e. The van der Waals surface area contributed by atoms with Gasteiger partial charge in [-0.05, 0) is 37.1 Å². The molecule has 1 saturated heterocycles. The van der Waals surface area contributed by atoms with Gasteiger partial charge < -0.3 is 4.90 Å². The number of hydrogen-bond donors (Lipinski definition) is 0. The van der Waals surface area contributed by atoms with Crippen LogP contribution in [0, 0.1) is 13.8 Å². The summed E-state index contributed by atoms with van der Waals surface area (Å²) < 4.78 is 0. The molecule has 3 aromatic heterocycles. The van der Waals surface area contributed by atoms with Crippen LogP contribution in [0.4, 0.5) is 0 Å². The molecule has 0 atom stereocenters. The molecule has 1 amide bonds. The Morgan fingerprint density at radius 2 is 1.82 bits per heavy atom. The molecule has 0 radical (unpaired) electrons. The van der Waals surface area contributed by atoms with E-state index in [1.54, 1.807) is 0 Å². The molecule has 28 heavy (non-hydrogen) atoms. The molecule has 6 nitrogen and oxygen atoms in total. The third-order valence-corrected chi connectivity index (χ3v) is 6.52. The Bertz CT molecular complexity index is 993. The van der Waals surface area contributed by atoms with Crippen LogP contribution in [0.15, 0.2) is 24.5 Å². The van der Waals surface area contributed by atoms with Gasteiger partial charge in [0.15, 0.2) is 0 Å². The SMILES string of the molecule is CCc1nc(C)c2c(C)c(C(=O)N3CCN(Cc4ccncc4)CC3)sc2n1. The molecule has 1 fully saturated rings. The molecule has 0 aromatic carbocycles. The minimum absolute atomic E-state index is 0.126. The van der Waals surface area contributed by atoms with E-state index in [4.69, 9.17) is 0 Å². The third kappa shape index (κ3) is 3.64. The number of carbonyl (C=O) groups is 1. The van der Waals surface area contributed by atoms with E-state index >= 15 is 0 Å². The highest BCUT2D eigenvalue weighted by atomic mass is 32.1. The fourth-order valence-corrected chi connectivity index (χ4v) is 4.97. The van der Waals surface area contributed by atoms with Gasteiger partial charge in [0.1, 0.15) is 10.7 Å². The Labute approximate surface area is 169 Å². The van der Waals surface area contributed by atoms with Crippen LogP contribution < -0.4 is 0 Å². The van der Waals surface area contributed by atoms with Gasteiger partial charge >= 0.3 is 0 Å². The highest BCUT2D eigenvalue weighted by Crippen LogP contribution is 2.32. The first-order valence-corrected chi connectivity index (χ1v) is 10.6. The molecule has 0 unspecified atom stereocenters. The lowest BCUT2D eigenvalue weighted by atomic mass is 10.1. The molecule has 4 rings (SSSR count). The van der Waals surface area contributed by atoms with Crippen molar-refractivity contribution in [2.24, 2.45) is 0 Å². The summed E-state index contributed by atoms with van der Waals surface area (Å²) in [6.07, 6.45) is 4.46. The molecular formula is C21H25N5OS. The van der Waals surface area contributed by atoms with Crippen LogP contribution in [0.5, 0.6) is 0 Å². The van der Waals surface area contributed by atoms with Gasteiger partial charge in [0, 0.05) is 62.6 Å². The molecule has 0 saturated carbocycles. The van der Waals surface area contributed by atoms with Gasteiger partial charge in [0.05, 0.1) is 4.88 Å². The second-order valence-electron chi connectivity index (χ2n) is 7.24. The van der Waals surface area contributed by atoms with Gasteiger partial charge in [-0.25, -0.2) is 9.97 Å². The Morgan fingerprint density at radius 3 is 2.50 bits per heavy atom. The predicted octanol–water partition coefficient (Wildman–Crippen LogP) is 3.22. The number of pyridine rings is 1. The zero-order chi connectivity index (χ0) is 19.7. The van der Waals surface area contributed by atoms with E-state index < -0.39 is 0 Å². The van der Waals surface area contributed by atoms with Crippen LogP contribution in [-0.2, 0) is 13.0 Å². The van der Waals surface area contributed by atoms with Gasteiger partial charge in [0.2, 0.25) is 0 Å². The number of carbonyl (C=O) groups excluding carboxylic acids is 1. The summed E-state index contributed by atoms with van der Waals surface area (Å²) >= 11 is 1.51. The quantitative estimate of drug-likeness (QED) is 0.679. The van der Waals surface area contributed by atoms with Crippen LogP contribution in [-0.4, -0.2) is 56.8 Å². The van der Waals surface area contributed by atoms with E-state index in [1.165, 1.54) is 16.9 Å². The Hall–Kier alpha value is -2.38. The van der Waals surface area contributed by atoms with Gasteiger partial charge in [0.25, 0.3) is 5.91 Å². The Kier molecular flexibility index (Phi) is 5.37. The van der Waals surface area contributed by atoms with E-state index in [0.717, 1.165) is 71.3 Å². The fourth-order valence-electron chi connectivity index (χ4n) is 3.76. The maximum atomic E-state index is 13.2. The van der Waals surface area contributed by atoms with E-state index in [2.05, 4.69) is 26.8 Å². The number of thiophene rings is 1. The molecule has 0 aliphatic carbocycles. The van der Waals surface area contributed by atoms with Gasteiger partial charge in [-0.3, -0.25) is 14.7 Å². The Morgan fingerprint density at radius 1 is 1.11 bits per heavy atom. The number of piperazine rings is 1. The van der Waals surface area contributed by atoms with Crippen LogP contribution in [0.25, 0.3) is 10.2 Å². The van der Waals surface area contributed by atoms with E-state index in [-0.39, 0.29) is 5.91 Å². The molecule has 4 heterocycles. The first-order chi connectivity index (χ1) is 13.6. The van der Waals surface area contributed by atoms with E-state index in [0.29, 0.717) is 0 Å². The van der Waals surface area contributed by atoms with Crippen LogP contribution in [0.3, 0.4) is 0 Å². The number of fused-ring (bicyclic) bond motifs is 1. The monoisotopic (exact) mass is 395 g/mol. The normalized spacial score (nSPS) is 15.3. The summed E-state index contributed by atoms with van der Waals surface area (Å²) in [5.74, 6) is 0.969. The van der Waals surface area contributed by atoms with Crippen LogP contribution in [0.1, 0.15) is 39.2 Å². The first kappa shape index (κ1) is 19.0. The lowest BCUT2D eigenvalue weighted by Crippen LogP contribution is -2.48. The van der Waals surface area contributed by atoms with Crippen molar-refractivity contribution in [3.05, 3.63) is 52.0 Å². The average Bonchev–Trinajstić information content (AvgIpc) is 3.05. The van der Waals surface area contributed by atoms with Crippen LogP contribution in [0.2, 0.25) is 0 Å². The fraction of sp³-hybridized carbons (Fsp3) is 0.429. The molecule has 1 aliphatic heterocycles.